The van der Waals surface area contributed by atoms with Crippen LogP contribution in [0.5, 0.6) is 0 Å². The highest BCUT2D eigenvalue weighted by atomic mass is 32.2. The van der Waals surface area contributed by atoms with Crippen LogP contribution < -0.4 is 5.32 Å². The number of nitrogens with one attached hydrogen (secondary N) is 1. The number of amides is 1. The van der Waals surface area contributed by atoms with E-state index in [-0.39, 0.29) is 11.8 Å². The first-order valence-electron chi connectivity index (χ1n) is 12.2. The quantitative estimate of drug-likeness (QED) is 0.596. The van der Waals surface area contributed by atoms with E-state index in [1.54, 1.807) is 10.4 Å². The number of carbonyl (C=O) groups is 1. The van der Waals surface area contributed by atoms with Crippen molar-refractivity contribution in [2.24, 2.45) is 5.92 Å². The van der Waals surface area contributed by atoms with E-state index in [0.29, 0.717) is 37.4 Å². The van der Waals surface area contributed by atoms with Crippen LogP contribution in [0, 0.1) is 5.92 Å². The van der Waals surface area contributed by atoms with Gasteiger partial charge in [0, 0.05) is 51.7 Å². The maximum atomic E-state index is 13.1. The number of hydrogen-bond acceptors (Lipinski definition) is 5. The number of fused-ring (bicyclic) bond motifs is 1. The average Bonchev–Trinajstić information content (AvgIpc) is 3.28. The van der Waals surface area contributed by atoms with Gasteiger partial charge in [0.1, 0.15) is 0 Å². The monoisotopic (exact) mass is 462 g/mol. The maximum absolute atomic E-state index is 13.1. The van der Waals surface area contributed by atoms with Gasteiger partial charge in [-0.1, -0.05) is 6.07 Å². The minimum absolute atomic E-state index is 0.0826. The molecule has 0 bridgehead atoms. The molecule has 1 aromatic carbocycles. The molecule has 0 spiro atoms. The molecule has 0 radical (unpaired) electrons. The van der Waals surface area contributed by atoms with Crippen molar-refractivity contribution in [3.05, 3.63) is 29.3 Å². The summed E-state index contributed by atoms with van der Waals surface area (Å²) in [7, 11) is -1.31. The van der Waals surface area contributed by atoms with Crippen LogP contribution in [0.2, 0.25) is 0 Å². The zero-order valence-corrected chi connectivity index (χ0v) is 20.2. The number of unbranched alkanes of at least 4 members (excludes halogenated alkanes) is 1. The summed E-state index contributed by atoms with van der Waals surface area (Å²) < 4.78 is 27.7. The Morgan fingerprint density at radius 1 is 1.00 bits per heavy atom. The number of aryl methyl sites for hydroxylation is 2. The lowest BCUT2D eigenvalue weighted by Crippen LogP contribution is -2.45. The van der Waals surface area contributed by atoms with E-state index in [4.69, 9.17) is 0 Å². The summed E-state index contributed by atoms with van der Waals surface area (Å²) in [4.78, 5) is 17.8. The lowest BCUT2D eigenvalue weighted by Gasteiger charge is -2.32. The second-order valence-corrected chi connectivity index (χ2v) is 11.5. The van der Waals surface area contributed by atoms with Crippen molar-refractivity contribution in [3.8, 4) is 0 Å². The van der Waals surface area contributed by atoms with Crippen molar-refractivity contribution in [1.82, 2.24) is 19.4 Å². The van der Waals surface area contributed by atoms with E-state index < -0.39 is 10.0 Å². The number of carbonyl (C=O) groups excluding carboxylic acids is 1. The predicted molar refractivity (Wildman–Crippen MR) is 126 cm³/mol. The van der Waals surface area contributed by atoms with Crippen molar-refractivity contribution in [1.29, 1.82) is 0 Å². The molecule has 178 valence electrons. The molecule has 32 heavy (non-hydrogen) atoms. The van der Waals surface area contributed by atoms with Gasteiger partial charge in [-0.3, -0.25) is 4.79 Å². The highest BCUT2D eigenvalue weighted by molar-refractivity contribution is 7.89. The van der Waals surface area contributed by atoms with Gasteiger partial charge >= 0.3 is 0 Å². The summed E-state index contributed by atoms with van der Waals surface area (Å²) >= 11 is 0. The van der Waals surface area contributed by atoms with Crippen LogP contribution >= 0.6 is 0 Å². The van der Waals surface area contributed by atoms with Crippen molar-refractivity contribution >= 4 is 15.9 Å². The molecule has 2 heterocycles. The normalized spacial score (nSPS) is 21.5. The van der Waals surface area contributed by atoms with Crippen molar-refractivity contribution in [2.75, 3.05) is 59.4 Å². The molecule has 2 fully saturated rings. The van der Waals surface area contributed by atoms with Crippen LogP contribution in [-0.2, 0) is 27.7 Å². The lowest BCUT2D eigenvalue weighted by molar-refractivity contribution is -0.126. The summed E-state index contributed by atoms with van der Waals surface area (Å²) in [6.45, 7) is 7.19. The Morgan fingerprint density at radius 2 is 1.72 bits per heavy atom. The summed E-state index contributed by atoms with van der Waals surface area (Å²) in [5, 5.41) is 3.08. The van der Waals surface area contributed by atoms with Crippen molar-refractivity contribution in [3.63, 3.8) is 0 Å². The molecule has 3 aliphatic rings. The van der Waals surface area contributed by atoms with Crippen molar-refractivity contribution < 1.29 is 13.2 Å². The molecular weight excluding hydrogens is 424 g/mol. The minimum Gasteiger partial charge on any atom is -0.356 e. The van der Waals surface area contributed by atoms with Gasteiger partial charge in [-0.2, -0.15) is 4.31 Å². The predicted octanol–water partition coefficient (Wildman–Crippen LogP) is 1.72. The van der Waals surface area contributed by atoms with E-state index in [1.807, 2.05) is 12.1 Å². The van der Waals surface area contributed by atoms with Gasteiger partial charge in [-0.15, -0.1) is 0 Å². The van der Waals surface area contributed by atoms with Gasteiger partial charge in [0.15, 0.2) is 0 Å². The van der Waals surface area contributed by atoms with Crippen LogP contribution in [0.15, 0.2) is 23.1 Å². The fraction of sp³-hybridized carbons (Fsp3) is 0.708. The summed E-state index contributed by atoms with van der Waals surface area (Å²) in [6.07, 6.45) is 6.40. The van der Waals surface area contributed by atoms with Crippen LogP contribution in [-0.4, -0.2) is 87.8 Å². The molecular formula is C24H38N4O3S. The van der Waals surface area contributed by atoms with Gasteiger partial charge in [-0.25, -0.2) is 8.42 Å². The van der Waals surface area contributed by atoms with E-state index in [0.717, 1.165) is 64.8 Å². The number of benzene rings is 1. The van der Waals surface area contributed by atoms with E-state index in [2.05, 4.69) is 22.2 Å². The van der Waals surface area contributed by atoms with Crippen LogP contribution in [0.1, 0.15) is 43.2 Å². The van der Waals surface area contributed by atoms with E-state index in [1.165, 1.54) is 11.1 Å². The average molecular weight is 463 g/mol. The molecule has 0 unspecified atom stereocenters. The minimum atomic E-state index is -3.48. The third-order valence-electron chi connectivity index (χ3n) is 7.33. The molecule has 0 saturated carbocycles. The first kappa shape index (κ1) is 23.7. The van der Waals surface area contributed by atoms with Crippen LogP contribution in [0.3, 0.4) is 0 Å². The Kier molecular flexibility index (Phi) is 7.87. The first-order valence-corrected chi connectivity index (χ1v) is 13.7. The van der Waals surface area contributed by atoms with Gasteiger partial charge in [-0.05, 0) is 81.8 Å². The second kappa shape index (κ2) is 10.6. The number of likely N-dealkylation sites (N-methyl/N-ethyl adjacent to an activating group) is 1. The topological polar surface area (TPSA) is 73.0 Å². The second-order valence-electron chi connectivity index (χ2n) is 9.61. The fourth-order valence-electron chi connectivity index (χ4n) is 5.10. The zero-order valence-electron chi connectivity index (χ0n) is 19.4. The van der Waals surface area contributed by atoms with Gasteiger partial charge in [0.25, 0.3) is 0 Å². The molecule has 1 aliphatic carbocycles. The molecule has 2 aliphatic heterocycles. The standard InChI is InChI=1S/C24H38N4O3S/c1-26-15-17-27(18-16-26)12-3-2-11-25-24(29)21-9-13-28(14-10-21)32(30,31)23-8-7-20-5-4-6-22(20)19-23/h7-8,19,21H,2-6,9-18H2,1H3,(H,25,29). The zero-order chi connectivity index (χ0) is 22.6. The summed E-state index contributed by atoms with van der Waals surface area (Å²) in [5.74, 6) is -0.00159. The first-order chi connectivity index (χ1) is 15.4. The number of nitrogens with zero attached hydrogens (tertiary/aromatic N) is 3. The molecule has 0 atom stereocenters. The largest absolute Gasteiger partial charge is 0.356 e. The number of rotatable bonds is 8. The van der Waals surface area contributed by atoms with Crippen LogP contribution in [0.25, 0.3) is 0 Å². The van der Waals surface area contributed by atoms with Gasteiger partial charge < -0.3 is 15.1 Å². The summed E-state index contributed by atoms with van der Waals surface area (Å²) in [6, 6.07) is 5.58. The van der Waals surface area contributed by atoms with E-state index in [9.17, 15) is 13.2 Å². The molecule has 1 N–H and O–H groups in total. The molecule has 8 heteroatoms. The SMILES string of the molecule is CN1CCN(CCCCNC(=O)C2CCN(S(=O)(=O)c3ccc4c(c3)CCC4)CC2)CC1. The highest BCUT2D eigenvalue weighted by Crippen LogP contribution is 2.28. The Hall–Kier alpha value is -1.48. The van der Waals surface area contributed by atoms with E-state index >= 15 is 0 Å². The Labute approximate surface area is 193 Å². The summed E-state index contributed by atoms with van der Waals surface area (Å²) in [5.41, 5.74) is 2.45. The maximum Gasteiger partial charge on any atom is 0.243 e. The smallest absolute Gasteiger partial charge is 0.243 e. The highest BCUT2D eigenvalue weighted by Gasteiger charge is 2.32. The molecule has 1 amide bonds. The third kappa shape index (κ3) is 5.71. The Bertz CT molecular complexity index is 889. The Morgan fingerprint density at radius 3 is 2.47 bits per heavy atom. The molecule has 2 saturated heterocycles. The number of piperazine rings is 1. The number of piperidine rings is 1. The molecule has 4 rings (SSSR count). The van der Waals surface area contributed by atoms with Gasteiger partial charge in [0.2, 0.25) is 15.9 Å². The molecule has 1 aromatic rings. The fourth-order valence-corrected chi connectivity index (χ4v) is 6.62. The number of sulfonamides is 1. The molecule has 7 nitrogen and oxygen atoms in total. The third-order valence-corrected chi connectivity index (χ3v) is 9.22. The molecule has 0 aromatic heterocycles. The number of hydrogen-bond donors (Lipinski definition) is 1. The van der Waals surface area contributed by atoms with Crippen LogP contribution in [0.4, 0.5) is 0 Å². The Balaban J connectivity index is 1.17. The van der Waals surface area contributed by atoms with Gasteiger partial charge in [0.05, 0.1) is 4.90 Å². The lowest BCUT2D eigenvalue weighted by atomic mass is 9.97. The van der Waals surface area contributed by atoms with Crippen molar-refractivity contribution in [2.45, 2.75) is 49.8 Å².